The van der Waals surface area contributed by atoms with Crippen LogP contribution in [0, 0.1) is 0 Å². The molecule has 8 nitrogen and oxygen atoms in total. The SMILES string of the molecule is Nc1ncnc2c1c(-c1ccc(NC(=O)c3ccc(C(F)(F)F)cc3)cc1)nn2C1CCCNC1. The number of amides is 1. The van der Waals surface area contributed by atoms with Crippen molar-refractivity contribution >= 4 is 28.4 Å². The van der Waals surface area contributed by atoms with Crippen LogP contribution in [0.3, 0.4) is 0 Å². The van der Waals surface area contributed by atoms with Crippen molar-refractivity contribution in [2.24, 2.45) is 0 Å². The maximum Gasteiger partial charge on any atom is 0.416 e. The highest BCUT2D eigenvalue weighted by atomic mass is 19.4. The van der Waals surface area contributed by atoms with Crippen molar-refractivity contribution in [2.75, 3.05) is 24.1 Å². The normalized spacial score (nSPS) is 16.4. The summed E-state index contributed by atoms with van der Waals surface area (Å²) in [6.45, 7) is 1.76. The van der Waals surface area contributed by atoms with Crippen LogP contribution in [0.25, 0.3) is 22.3 Å². The lowest BCUT2D eigenvalue weighted by Crippen LogP contribution is -2.32. The number of alkyl halides is 3. The van der Waals surface area contributed by atoms with E-state index in [0.717, 1.165) is 55.8 Å². The van der Waals surface area contributed by atoms with E-state index >= 15 is 0 Å². The predicted molar refractivity (Wildman–Crippen MR) is 126 cm³/mol. The maximum atomic E-state index is 12.7. The summed E-state index contributed by atoms with van der Waals surface area (Å²) < 4.78 is 40.1. The number of aromatic nitrogens is 4. The van der Waals surface area contributed by atoms with Gasteiger partial charge in [0.25, 0.3) is 5.91 Å². The minimum Gasteiger partial charge on any atom is -0.383 e. The van der Waals surface area contributed by atoms with Gasteiger partial charge in [0.05, 0.1) is 17.0 Å². The van der Waals surface area contributed by atoms with Crippen LogP contribution in [0.15, 0.2) is 54.9 Å². The number of nitrogens with zero attached hydrogens (tertiary/aromatic N) is 4. The molecule has 4 aromatic rings. The molecule has 11 heteroatoms. The lowest BCUT2D eigenvalue weighted by Gasteiger charge is -2.23. The Hall–Kier alpha value is -3.99. The van der Waals surface area contributed by atoms with Crippen molar-refractivity contribution in [3.05, 3.63) is 66.0 Å². The number of hydrogen-bond acceptors (Lipinski definition) is 6. The quantitative estimate of drug-likeness (QED) is 0.402. The molecule has 1 unspecified atom stereocenters. The van der Waals surface area contributed by atoms with E-state index < -0.39 is 17.6 Å². The van der Waals surface area contributed by atoms with E-state index in [1.807, 2.05) is 4.68 Å². The highest BCUT2D eigenvalue weighted by Crippen LogP contribution is 2.33. The molecule has 0 aliphatic carbocycles. The number of nitrogens with two attached hydrogens (primary N) is 1. The fourth-order valence-corrected chi connectivity index (χ4v) is 4.22. The molecule has 0 bridgehead atoms. The number of fused-ring (bicyclic) bond motifs is 1. The summed E-state index contributed by atoms with van der Waals surface area (Å²) in [7, 11) is 0. The molecule has 3 heterocycles. The van der Waals surface area contributed by atoms with Crippen LogP contribution in [0.4, 0.5) is 24.7 Å². The second kappa shape index (κ2) is 8.99. The molecule has 1 amide bonds. The fraction of sp³-hybridized carbons (Fsp3) is 0.250. The van der Waals surface area contributed by atoms with Gasteiger partial charge in [-0.05, 0) is 55.8 Å². The van der Waals surface area contributed by atoms with Gasteiger partial charge in [0.2, 0.25) is 0 Å². The molecule has 4 N–H and O–H groups in total. The summed E-state index contributed by atoms with van der Waals surface area (Å²) in [5, 5.41) is 11.6. The van der Waals surface area contributed by atoms with Gasteiger partial charge in [-0.1, -0.05) is 12.1 Å². The molecule has 180 valence electrons. The van der Waals surface area contributed by atoms with Crippen molar-refractivity contribution in [1.29, 1.82) is 0 Å². The molecule has 2 aromatic carbocycles. The Kier molecular flexibility index (Phi) is 5.85. The standard InChI is InChI=1S/C24H22F3N7O/c25-24(26,27)16-7-3-15(4-8-16)23(35)32-17-9-5-14(6-10-17)20-19-21(28)30-13-31-22(19)34(33-20)18-2-1-11-29-12-18/h3-10,13,18,29H,1-2,11-12H2,(H,32,35)(H2,28,30,31). The zero-order valence-electron chi connectivity index (χ0n) is 18.5. The van der Waals surface area contributed by atoms with Gasteiger partial charge < -0.3 is 16.4 Å². The molecule has 35 heavy (non-hydrogen) atoms. The minimum atomic E-state index is -4.45. The molecule has 1 saturated heterocycles. The Morgan fingerprint density at radius 2 is 1.83 bits per heavy atom. The first-order chi connectivity index (χ1) is 16.8. The summed E-state index contributed by atoms with van der Waals surface area (Å²) in [6, 6.07) is 11.2. The average molecular weight is 481 g/mol. The number of benzene rings is 2. The van der Waals surface area contributed by atoms with E-state index in [4.69, 9.17) is 10.8 Å². The van der Waals surface area contributed by atoms with Gasteiger partial charge in [0.15, 0.2) is 5.65 Å². The fourth-order valence-electron chi connectivity index (χ4n) is 4.22. The highest BCUT2D eigenvalue weighted by molar-refractivity contribution is 6.04. The third-order valence-corrected chi connectivity index (χ3v) is 6.03. The average Bonchev–Trinajstić information content (AvgIpc) is 3.26. The van der Waals surface area contributed by atoms with Gasteiger partial charge in [-0.3, -0.25) is 4.79 Å². The number of carbonyl (C=O) groups excluding carboxylic acids is 1. The maximum absolute atomic E-state index is 12.7. The van der Waals surface area contributed by atoms with Crippen LogP contribution in [0.5, 0.6) is 0 Å². The molecule has 5 rings (SSSR count). The third-order valence-electron chi connectivity index (χ3n) is 6.03. The lowest BCUT2D eigenvalue weighted by molar-refractivity contribution is -0.137. The van der Waals surface area contributed by atoms with Crippen LogP contribution >= 0.6 is 0 Å². The number of anilines is 2. The molecule has 1 aliphatic rings. The van der Waals surface area contributed by atoms with E-state index in [-0.39, 0.29) is 11.6 Å². The largest absolute Gasteiger partial charge is 0.416 e. The molecular weight excluding hydrogens is 459 g/mol. The van der Waals surface area contributed by atoms with Crippen LogP contribution in [0.1, 0.15) is 34.8 Å². The van der Waals surface area contributed by atoms with Crippen molar-refractivity contribution in [2.45, 2.75) is 25.1 Å². The number of carbonyl (C=O) groups is 1. The number of halogens is 3. The molecular formula is C24H22F3N7O. The summed E-state index contributed by atoms with van der Waals surface area (Å²) >= 11 is 0. The number of piperidine rings is 1. The van der Waals surface area contributed by atoms with Gasteiger partial charge in [0.1, 0.15) is 17.8 Å². The van der Waals surface area contributed by atoms with Gasteiger partial charge in [0, 0.05) is 23.4 Å². The summed E-state index contributed by atoms with van der Waals surface area (Å²) in [5.74, 6) is -0.177. The summed E-state index contributed by atoms with van der Waals surface area (Å²) in [4.78, 5) is 21.0. The number of nitrogens with one attached hydrogen (secondary N) is 2. The van der Waals surface area contributed by atoms with Crippen LogP contribution in [0.2, 0.25) is 0 Å². The van der Waals surface area contributed by atoms with Crippen molar-refractivity contribution in [1.82, 2.24) is 25.1 Å². The first-order valence-corrected chi connectivity index (χ1v) is 11.1. The second-order valence-electron chi connectivity index (χ2n) is 8.36. The smallest absolute Gasteiger partial charge is 0.383 e. The molecule has 0 spiro atoms. The third kappa shape index (κ3) is 4.54. The van der Waals surface area contributed by atoms with Crippen molar-refractivity contribution < 1.29 is 18.0 Å². The Morgan fingerprint density at radius 1 is 1.09 bits per heavy atom. The van der Waals surface area contributed by atoms with Crippen LogP contribution < -0.4 is 16.4 Å². The molecule has 2 aromatic heterocycles. The Bertz CT molecular complexity index is 1360. The molecule has 1 fully saturated rings. The Labute approximate surface area is 198 Å². The van der Waals surface area contributed by atoms with Crippen LogP contribution in [-0.2, 0) is 6.18 Å². The van der Waals surface area contributed by atoms with Crippen molar-refractivity contribution in [3.8, 4) is 11.3 Å². The van der Waals surface area contributed by atoms with E-state index in [2.05, 4.69) is 20.6 Å². The Morgan fingerprint density at radius 3 is 2.49 bits per heavy atom. The van der Waals surface area contributed by atoms with Crippen LogP contribution in [-0.4, -0.2) is 38.7 Å². The predicted octanol–water partition coefficient (Wildman–Crippen LogP) is 4.27. The topological polar surface area (TPSA) is 111 Å². The Balaban J connectivity index is 1.40. The number of nitrogen functional groups attached to an aromatic ring is 1. The zero-order valence-corrected chi connectivity index (χ0v) is 18.5. The number of hydrogen-bond donors (Lipinski definition) is 3. The zero-order chi connectivity index (χ0) is 24.6. The highest BCUT2D eigenvalue weighted by Gasteiger charge is 2.30. The minimum absolute atomic E-state index is 0.123. The molecule has 0 radical (unpaired) electrons. The van der Waals surface area contributed by atoms with Gasteiger partial charge in [-0.25, -0.2) is 14.6 Å². The first-order valence-electron chi connectivity index (χ1n) is 11.1. The number of rotatable bonds is 4. The van der Waals surface area contributed by atoms with E-state index in [1.54, 1.807) is 24.3 Å². The summed E-state index contributed by atoms with van der Waals surface area (Å²) in [5.41, 5.74) is 8.07. The second-order valence-corrected chi connectivity index (χ2v) is 8.36. The first kappa shape index (κ1) is 22.8. The van der Waals surface area contributed by atoms with E-state index in [9.17, 15) is 18.0 Å². The van der Waals surface area contributed by atoms with Gasteiger partial charge in [-0.2, -0.15) is 18.3 Å². The summed E-state index contributed by atoms with van der Waals surface area (Å²) in [6.07, 6.45) is -1.02. The molecule has 1 atom stereocenters. The molecule has 1 aliphatic heterocycles. The van der Waals surface area contributed by atoms with E-state index in [0.29, 0.717) is 28.2 Å². The molecule has 0 saturated carbocycles. The monoisotopic (exact) mass is 481 g/mol. The van der Waals surface area contributed by atoms with Gasteiger partial charge in [-0.15, -0.1) is 0 Å². The van der Waals surface area contributed by atoms with Crippen molar-refractivity contribution in [3.63, 3.8) is 0 Å². The lowest BCUT2D eigenvalue weighted by atomic mass is 10.1. The van der Waals surface area contributed by atoms with Gasteiger partial charge >= 0.3 is 6.18 Å². The van der Waals surface area contributed by atoms with E-state index in [1.165, 1.54) is 6.33 Å².